The molecule has 0 radical (unpaired) electrons. The third kappa shape index (κ3) is 4.26. The van der Waals surface area contributed by atoms with Crippen molar-refractivity contribution in [3.8, 4) is 11.5 Å². The van der Waals surface area contributed by atoms with Crippen LogP contribution in [0.5, 0.6) is 11.5 Å². The Balaban J connectivity index is 2.11. The summed E-state index contributed by atoms with van der Waals surface area (Å²) in [4.78, 5) is 11.5. The first-order valence-corrected chi connectivity index (χ1v) is 7.35. The largest absolute Gasteiger partial charge is 0.519 e. The minimum atomic E-state index is -2.35. The standard InChI is InChI=1S/C17H13F5O3/c1-2-3-4-9-5-7-10(8-6-9)24-17(23)25-16-14(21)12(19)11(18)13(20)15(16)22/h5-8H,2-4H2,1H3. The number of halogens is 5. The molecular formula is C17H13F5O3. The van der Waals surface area contributed by atoms with Gasteiger partial charge in [0.05, 0.1) is 0 Å². The number of unbranched alkanes of at least 4 members (excludes halogenated alkanes) is 1. The minimum absolute atomic E-state index is 0.00544. The second-order valence-electron chi connectivity index (χ2n) is 5.10. The summed E-state index contributed by atoms with van der Waals surface area (Å²) in [6, 6.07) is 6.20. The summed E-state index contributed by atoms with van der Waals surface area (Å²) in [5.41, 5.74) is 0.988. The van der Waals surface area contributed by atoms with Crippen LogP contribution in [0.1, 0.15) is 25.3 Å². The maximum Gasteiger partial charge on any atom is 0.519 e. The van der Waals surface area contributed by atoms with Gasteiger partial charge in [0.25, 0.3) is 0 Å². The third-order valence-electron chi connectivity index (χ3n) is 3.30. The van der Waals surface area contributed by atoms with Crippen LogP contribution in [0.25, 0.3) is 0 Å². The Labute approximate surface area is 140 Å². The molecule has 0 heterocycles. The summed E-state index contributed by atoms with van der Waals surface area (Å²) < 4.78 is 74.6. The Hall–Kier alpha value is -2.64. The predicted octanol–water partition coefficient (Wildman–Crippen LogP) is 5.30. The van der Waals surface area contributed by atoms with E-state index >= 15 is 0 Å². The van der Waals surface area contributed by atoms with Gasteiger partial charge < -0.3 is 9.47 Å². The molecule has 134 valence electrons. The van der Waals surface area contributed by atoms with Gasteiger partial charge in [0.1, 0.15) is 5.75 Å². The number of carbonyl (C=O) groups is 1. The van der Waals surface area contributed by atoms with E-state index in [9.17, 15) is 26.7 Å². The molecule has 8 heteroatoms. The van der Waals surface area contributed by atoms with Crippen molar-refractivity contribution in [2.24, 2.45) is 0 Å². The average Bonchev–Trinajstić information content (AvgIpc) is 2.61. The molecule has 0 amide bonds. The highest BCUT2D eigenvalue weighted by molar-refractivity contribution is 5.67. The highest BCUT2D eigenvalue weighted by Crippen LogP contribution is 2.29. The second-order valence-corrected chi connectivity index (χ2v) is 5.10. The van der Waals surface area contributed by atoms with Gasteiger partial charge in [0.2, 0.25) is 34.8 Å². The van der Waals surface area contributed by atoms with E-state index < -0.39 is 41.0 Å². The van der Waals surface area contributed by atoms with Gasteiger partial charge >= 0.3 is 6.16 Å². The first kappa shape index (κ1) is 18.7. The van der Waals surface area contributed by atoms with Crippen LogP contribution in [-0.4, -0.2) is 6.16 Å². The van der Waals surface area contributed by atoms with Gasteiger partial charge in [-0.15, -0.1) is 0 Å². The summed E-state index contributed by atoms with van der Waals surface area (Å²) >= 11 is 0. The third-order valence-corrected chi connectivity index (χ3v) is 3.30. The lowest BCUT2D eigenvalue weighted by atomic mass is 10.1. The lowest BCUT2D eigenvalue weighted by Gasteiger charge is -2.09. The Kier molecular flexibility index (Phi) is 5.95. The molecule has 0 saturated carbocycles. The number of rotatable bonds is 5. The fourth-order valence-electron chi connectivity index (χ4n) is 1.98. The van der Waals surface area contributed by atoms with Gasteiger partial charge in [-0.05, 0) is 30.5 Å². The number of hydrogen-bond acceptors (Lipinski definition) is 3. The van der Waals surface area contributed by atoms with Crippen LogP contribution in [0, 0.1) is 29.1 Å². The molecule has 0 aliphatic rings. The molecule has 0 saturated heterocycles. The molecule has 0 aromatic heterocycles. The number of benzene rings is 2. The molecule has 2 aromatic carbocycles. The summed E-state index contributed by atoms with van der Waals surface area (Å²) in [5, 5.41) is 0. The van der Waals surface area contributed by atoms with E-state index in [0.29, 0.717) is 0 Å². The van der Waals surface area contributed by atoms with Gasteiger partial charge in [-0.2, -0.15) is 8.78 Å². The Morgan fingerprint density at radius 1 is 0.840 bits per heavy atom. The molecule has 0 bridgehead atoms. The van der Waals surface area contributed by atoms with Crippen LogP contribution in [0.4, 0.5) is 26.7 Å². The Bertz CT molecular complexity index is 746. The molecule has 2 rings (SSSR count). The first-order valence-electron chi connectivity index (χ1n) is 7.35. The van der Waals surface area contributed by atoms with E-state index in [0.717, 1.165) is 24.8 Å². The van der Waals surface area contributed by atoms with Crippen molar-refractivity contribution in [3.05, 3.63) is 58.9 Å². The van der Waals surface area contributed by atoms with Gasteiger partial charge in [-0.25, -0.2) is 18.0 Å². The van der Waals surface area contributed by atoms with Gasteiger partial charge in [0.15, 0.2) is 0 Å². The number of hydrogen-bond donors (Lipinski definition) is 0. The second kappa shape index (κ2) is 7.96. The zero-order valence-corrected chi connectivity index (χ0v) is 13.0. The quantitative estimate of drug-likeness (QED) is 0.239. The monoisotopic (exact) mass is 360 g/mol. The van der Waals surface area contributed by atoms with Crippen molar-refractivity contribution in [3.63, 3.8) is 0 Å². The molecule has 0 spiro atoms. The maximum atomic E-state index is 13.4. The highest BCUT2D eigenvalue weighted by atomic mass is 19.2. The van der Waals surface area contributed by atoms with Crippen molar-refractivity contribution in [2.45, 2.75) is 26.2 Å². The zero-order valence-electron chi connectivity index (χ0n) is 13.0. The van der Waals surface area contributed by atoms with Crippen molar-refractivity contribution in [1.82, 2.24) is 0 Å². The van der Waals surface area contributed by atoms with Crippen LogP contribution in [0.3, 0.4) is 0 Å². The topological polar surface area (TPSA) is 35.5 Å². The lowest BCUT2D eigenvalue weighted by Crippen LogP contribution is -2.17. The molecule has 0 unspecified atom stereocenters. The molecule has 0 N–H and O–H groups in total. The molecule has 25 heavy (non-hydrogen) atoms. The van der Waals surface area contributed by atoms with Gasteiger partial charge in [-0.1, -0.05) is 25.5 Å². The molecule has 2 aromatic rings. The first-order chi connectivity index (χ1) is 11.8. The summed E-state index contributed by atoms with van der Waals surface area (Å²) in [6.07, 6.45) is 1.17. The summed E-state index contributed by atoms with van der Waals surface area (Å²) in [7, 11) is 0. The average molecular weight is 360 g/mol. The van der Waals surface area contributed by atoms with Crippen LogP contribution >= 0.6 is 0 Å². The number of ether oxygens (including phenoxy) is 2. The van der Waals surface area contributed by atoms with E-state index in [1.807, 2.05) is 6.92 Å². The van der Waals surface area contributed by atoms with E-state index in [4.69, 9.17) is 0 Å². The van der Waals surface area contributed by atoms with Crippen molar-refractivity contribution in [1.29, 1.82) is 0 Å². The van der Waals surface area contributed by atoms with E-state index in [1.54, 1.807) is 12.1 Å². The molecular weight excluding hydrogens is 347 g/mol. The molecule has 0 aliphatic heterocycles. The number of aryl methyl sites for hydroxylation is 1. The fraction of sp³-hybridized carbons (Fsp3) is 0.235. The summed E-state index contributed by atoms with van der Waals surface area (Å²) in [5.74, 6) is -13.0. The van der Waals surface area contributed by atoms with Crippen molar-refractivity contribution in [2.75, 3.05) is 0 Å². The molecule has 3 nitrogen and oxygen atoms in total. The fourth-order valence-corrected chi connectivity index (χ4v) is 1.98. The zero-order chi connectivity index (χ0) is 18.6. The smallest absolute Gasteiger partial charge is 0.395 e. The van der Waals surface area contributed by atoms with Gasteiger partial charge in [0, 0.05) is 0 Å². The summed E-state index contributed by atoms with van der Waals surface area (Å²) in [6.45, 7) is 2.03. The van der Waals surface area contributed by atoms with E-state index in [2.05, 4.69) is 9.47 Å². The molecule has 0 aliphatic carbocycles. The van der Waals surface area contributed by atoms with E-state index in [1.165, 1.54) is 12.1 Å². The Morgan fingerprint density at radius 2 is 1.36 bits per heavy atom. The van der Waals surface area contributed by atoms with Crippen LogP contribution in [0.2, 0.25) is 0 Å². The lowest BCUT2D eigenvalue weighted by molar-refractivity contribution is 0.146. The van der Waals surface area contributed by atoms with Crippen LogP contribution < -0.4 is 9.47 Å². The minimum Gasteiger partial charge on any atom is -0.395 e. The maximum absolute atomic E-state index is 13.4. The van der Waals surface area contributed by atoms with Crippen LogP contribution in [0.15, 0.2) is 24.3 Å². The van der Waals surface area contributed by atoms with E-state index in [-0.39, 0.29) is 5.75 Å². The highest BCUT2D eigenvalue weighted by Gasteiger charge is 2.29. The SMILES string of the molecule is CCCCc1ccc(OC(=O)Oc2c(F)c(F)c(F)c(F)c2F)cc1. The normalized spacial score (nSPS) is 10.6. The van der Waals surface area contributed by atoms with Crippen molar-refractivity contribution < 1.29 is 36.2 Å². The molecule has 0 fully saturated rings. The van der Waals surface area contributed by atoms with Crippen LogP contribution in [-0.2, 0) is 6.42 Å². The van der Waals surface area contributed by atoms with Gasteiger partial charge in [-0.3, -0.25) is 0 Å². The van der Waals surface area contributed by atoms with Crippen molar-refractivity contribution >= 4 is 6.16 Å². The number of carbonyl (C=O) groups excluding carboxylic acids is 1. The Morgan fingerprint density at radius 3 is 1.88 bits per heavy atom. The molecule has 0 atom stereocenters. The predicted molar refractivity (Wildman–Crippen MR) is 77.9 cm³/mol.